The maximum absolute atomic E-state index is 12.2. The molecule has 2 atom stereocenters. The van der Waals surface area contributed by atoms with Crippen molar-refractivity contribution in [1.82, 2.24) is 14.9 Å². The number of fused-ring (bicyclic) bond motifs is 1. The molecule has 2 aromatic heterocycles. The molecular weight excluding hydrogens is 542 g/mol. The summed E-state index contributed by atoms with van der Waals surface area (Å²) in [6, 6.07) is 28.8. The number of nitrogens with zero attached hydrogens (tertiary/aromatic N) is 3. The summed E-state index contributed by atoms with van der Waals surface area (Å²) in [5.74, 6) is -0.194. The van der Waals surface area contributed by atoms with Gasteiger partial charge in [-0.25, -0.2) is 0 Å². The first-order valence-electron chi connectivity index (χ1n) is 13.9. The zero-order valence-corrected chi connectivity index (χ0v) is 24.9. The molecule has 0 unspecified atom stereocenters. The third-order valence-electron chi connectivity index (χ3n) is 7.93. The Kier molecular flexibility index (Phi) is 7.49. The molecule has 0 radical (unpaired) electrons. The lowest BCUT2D eigenvalue weighted by Crippen LogP contribution is -2.29. The lowest BCUT2D eigenvalue weighted by atomic mass is 9.96. The minimum absolute atomic E-state index is 0.00146. The molecular formula is C34H33N5O2S. The van der Waals surface area contributed by atoms with E-state index in [1.165, 1.54) is 23.4 Å². The summed E-state index contributed by atoms with van der Waals surface area (Å²) in [6.07, 6.45) is 1.82. The number of thiocarbonyl (C=S) groups is 1. The van der Waals surface area contributed by atoms with Gasteiger partial charge in [0.05, 0.1) is 23.5 Å². The van der Waals surface area contributed by atoms with Gasteiger partial charge in [0.25, 0.3) is 0 Å². The first-order chi connectivity index (χ1) is 20.4. The third-order valence-corrected chi connectivity index (χ3v) is 8.25. The lowest BCUT2D eigenvalue weighted by Gasteiger charge is -2.29. The van der Waals surface area contributed by atoms with E-state index in [-0.39, 0.29) is 24.6 Å². The van der Waals surface area contributed by atoms with Gasteiger partial charge in [0, 0.05) is 41.5 Å². The van der Waals surface area contributed by atoms with Crippen LogP contribution in [0.2, 0.25) is 0 Å². The van der Waals surface area contributed by atoms with Gasteiger partial charge < -0.3 is 24.8 Å². The fraction of sp³-hybridized carbons (Fsp3) is 0.206. The number of aromatic nitrogens is 2. The number of rotatable bonds is 7. The number of carbonyl (C=O) groups excluding carboxylic acids is 1. The number of hydrogen-bond donors (Lipinski definition) is 2. The molecule has 1 aliphatic heterocycles. The van der Waals surface area contributed by atoms with Crippen molar-refractivity contribution in [3.05, 3.63) is 119 Å². The molecule has 5 aromatic rings. The van der Waals surface area contributed by atoms with Crippen LogP contribution >= 0.6 is 12.2 Å². The second-order valence-electron chi connectivity index (χ2n) is 10.6. The molecule has 8 heteroatoms. The molecule has 0 bridgehead atoms. The predicted molar refractivity (Wildman–Crippen MR) is 172 cm³/mol. The van der Waals surface area contributed by atoms with Crippen molar-refractivity contribution in [3.8, 4) is 5.69 Å². The van der Waals surface area contributed by atoms with Crippen LogP contribution in [0.25, 0.3) is 16.5 Å². The van der Waals surface area contributed by atoms with E-state index in [0.717, 1.165) is 39.7 Å². The van der Waals surface area contributed by atoms with Crippen LogP contribution in [-0.4, -0.2) is 34.3 Å². The number of benzene rings is 3. The summed E-state index contributed by atoms with van der Waals surface area (Å²) in [5, 5.41) is 9.53. The van der Waals surface area contributed by atoms with Crippen LogP contribution < -0.4 is 15.5 Å². The van der Waals surface area contributed by atoms with Gasteiger partial charge in [-0.1, -0.05) is 42.5 Å². The summed E-state index contributed by atoms with van der Waals surface area (Å²) in [6.45, 7) is 6.32. The van der Waals surface area contributed by atoms with Crippen LogP contribution in [0.15, 0.2) is 91.1 Å². The quantitative estimate of drug-likeness (QED) is 0.210. The van der Waals surface area contributed by atoms with E-state index in [1.807, 2.05) is 43.5 Å². The van der Waals surface area contributed by atoms with Crippen LogP contribution in [0, 0.1) is 20.8 Å². The van der Waals surface area contributed by atoms with E-state index in [1.54, 1.807) is 0 Å². The Balaban J connectivity index is 1.48. The molecule has 1 amide bonds. The lowest BCUT2D eigenvalue weighted by molar-refractivity contribution is -0.119. The molecule has 3 heterocycles. The molecule has 2 N–H and O–H groups in total. The highest BCUT2D eigenvalue weighted by Gasteiger charge is 2.42. The summed E-state index contributed by atoms with van der Waals surface area (Å²) < 4.78 is 7.32. The van der Waals surface area contributed by atoms with Gasteiger partial charge in [-0.05, 0) is 92.0 Å². The Morgan fingerprint density at radius 1 is 1.00 bits per heavy atom. The highest BCUT2D eigenvalue weighted by atomic mass is 32.1. The number of ether oxygens (including phenoxy) is 1. The normalized spacial score (nSPS) is 16.6. The zero-order valence-electron chi connectivity index (χ0n) is 24.1. The van der Waals surface area contributed by atoms with Gasteiger partial charge in [0.2, 0.25) is 5.91 Å². The zero-order chi connectivity index (χ0) is 29.4. The summed E-state index contributed by atoms with van der Waals surface area (Å²) in [5.41, 5.74) is 8.13. The topological polar surface area (TPSA) is 71.4 Å². The molecule has 7 nitrogen and oxygen atoms in total. The summed E-state index contributed by atoms with van der Waals surface area (Å²) in [7, 11) is 1.51. The Labute approximate surface area is 251 Å². The van der Waals surface area contributed by atoms with Crippen molar-refractivity contribution in [3.63, 3.8) is 0 Å². The van der Waals surface area contributed by atoms with Crippen molar-refractivity contribution in [2.45, 2.75) is 32.9 Å². The van der Waals surface area contributed by atoms with Crippen LogP contribution in [0.1, 0.15) is 40.3 Å². The molecule has 6 rings (SSSR count). The molecule has 1 aliphatic rings. The molecule has 1 saturated heterocycles. The molecule has 0 spiro atoms. The van der Waals surface area contributed by atoms with Gasteiger partial charge in [0.1, 0.15) is 6.61 Å². The molecule has 212 valence electrons. The monoisotopic (exact) mass is 575 g/mol. The number of nitrogens with one attached hydrogen (secondary N) is 2. The molecule has 0 aliphatic carbocycles. The molecule has 1 fully saturated rings. The minimum Gasteiger partial charge on any atom is -0.375 e. The van der Waals surface area contributed by atoms with Gasteiger partial charge in [-0.3, -0.25) is 9.78 Å². The fourth-order valence-corrected chi connectivity index (χ4v) is 6.41. The van der Waals surface area contributed by atoms with Crippen molar-refractivity contribution in [2.75, 3.05) is 23.9 Å². The van der Waals surface area contributed by atoms with E-state index in [9.17, 15) is 4.79 Å². The standard InChI is InChI=1S/C34H33N5O2S/c1-21-18-25(15-16-28(21)36-31(40)20-41-4)39-33(32(37-34(39)42)29-13-7-8-17-35-29)27-19-22(2)38(23(27)3)30-14-9-11-24-10-5-6-12-26(24)30/h5-19,32-33H,20H2,1-4H3,(H,36,40)(H,37,42)/t32-,33+/m1/s1. The van der Waals surface area contributed by atoms with Crippen molar-refractivity contribution in [2.24, 2.45) is 0 Å². The van der Waals surface area contributed by atoms with Crippen LogP contribution in [0.4, 0.5) is 11.4 Å². The average molecular weight is 576 g/mol. The van der Waals surface area contributed by atoms with Crippen LogP contribution in [-0.2, 0) is 9.53 Å². The van der Waals surface area contributed by atoms with E-state index < -0.39 is 0 Å². The number of amides is 1. The Hall–Kier alpha value is -4.53. The minimum atomic E-state index is -0.194. The number of anilines is 2. The average Bonchev–Trinajstić information content (AvgIpc) is 3.49. The second kappa shape index (κ2) is 11.4. The van der Waals surface area contributed by atoms with Crippen molar-refractivity contribution < 1.29 is 9.53 Å². The van der Waals surface area contributed by atoms with Gasteiger partial charge >= 0.3 is 0 Å². The number of aryl methyl sites for hydroxylation is 2. The number of pyridine rings is 1. The maximum Gasteiger partial charge on any atom is 0.250 e. The van der Waals surface area contributed by atoms with Gasteiger partial charge in [0.15, 0.2) is 5.11 Å². The van der Waals surface area contributed by atoms with E-state index in [2.05, 4.69) is 88.5 Å². The molecule has 42 heavy (non-hydrogen) atoms. The molecule has 3 aromatic carbocycles. The first kappa shape index (κ1) is 27.6. The Bertz CT molecular complexity index is 1790. The molecule has 0 saturated carbocycles. The van der Waals surface area contributed by atoms with Gasteiger partial charge in [-0.15, -0.1) is 0 Å². The Morgan fingerprint density at radius 2 is 1.79 bits per heavy atom. The van der Waals surface area contributed by atoms with Gasteiger partial charge in [-0.2, -0.15) is 0 Å². The first-order valence-corrected chi connectivity index (χ1v) is 14.3. The highest BCUT2D eigenvalue weighted by Crippen LogP contribution is 2.44. The predicted octanol–water partition coefficient (Wildman–Crippen LogP) is 6.71. The summed E-state index contributed by atoms with van der Waals surface area (Å²) in [4.78, 5) is 19.1. The maximum atomic E-state index is 12.2. The van der Waals surface area contributed by atoms with E-state index in [0.29, 0.717) is 5.11 Å². The van der Waals surface area contributed by atoms with E-state index in [4.69, 9.17) is 21.9 Å². The number of carbonyl (C=O) groups is 1. The third kappa shape index (κ3) is 4.93. The van der Waals surface area contributed by atoms with Crippen LogP contribution in [0.5, 0.6) is 0 Å². The SMILES string of the molecule is COCC(=O)Nc1ccc(N2C(=S)N[C@H](c3ccccn3)[C@@H]2c2cc(C)n(-c3cccc4ccccc34)c2C)cc1C. The fourth-order valence-electron chi connectivity index (χ4n) is 6.07. The van der Waals surface area contributed by atoms with Crippen molar-refractivity contribution >= 4 is 45.4 Å². The number of hydrogen-bond acceptors (Lipinski definition) is 4. The smallest absolute Gasteiger partial charge is 0.250 e. The van der Waals surface area contributed by atoms with Crippen LogP contribution in [0.3, 0.4) is 0 Å². The largest absolute Gasteiger partial charge is 0.375 e. The van der Waals surface area contributed by atoms with Crippen molar-refractivity contribution in [1.29, 1.82) is 0 Å². The Morgan fingerprint density at radius 3 is 2.55 bits per heavy atom. The number of methoxy groups -OCH3 is 1. The second-order valence-corrected chi connectivity index (χ2v) is 11.0. The summed E-state index contributed by atoms with van der Waals surface area (Å²) >= 11 is 5.99. The van der Waals surface area contributed by atoms with E-state index >= 15 is 0 Å². The highest BCUT2D eigenvalue weighted by molar-refractivity contribution is 7.80.